The van der Waals surface area contributed by atoms with Crippen LogP contribution in [0.25, 0.3) is 0 Å². The monoisotopic (exact) mass is 270 g/mol. The Hall–Kier alpha value is -1.82. The van der Waals surface area contributed by atoms with Gasteiger partial charge in [-0.3, -0.25) is 10.1 Å². The van der Waals surface area contributed by atoms with E-state index in [2.05, 4.69) is 4.98 Å². The van der Waals surface area contributed by atoms with Crippen LogP contribution in [0, 0.1) is 10.1 Å². The van der Waals surface area contributed by atoms with Crippen LogP contribution >= 0.6 is 11.6 Å². The van der Waals surface area contributed by atoms with Crippen LogP contribution in [0.4, 0.5) is 0 Å². The molecule has 0 spiro atoms. The average Bonchev–Trinajstić information content (AvgIpc) is 2.36. The second kappa shape index (κ2) is 6.20. The molecule has 2 N–H and O–H groups in total. The van der Waals surface area contributed by atoms with Gasteiger partial charge in [-0.25, -0.2) is 4.98 Å². The first-order valence-corrected chi connectivity index (χ1v) is 5.78. The third-order valence-electron chi connectivity index (χ3n) is 2.56. The van der Waals surface area contributed by atoms with Crippen molar-refractivity contribution >= 4 is 11.6 Å². The van der Waals surface area contributed by atoms with Crippen molar-refractivity contribution in [2.24, 2.45) is 5.73 Å². The minimum absolute atomic E-state index is 0.0385. The van der Waals surface area contributed by atoms with E-state index in [1.54, 1.807) is 24.1 Å². The number of allylic oxidation sites excluding steroid dienone is 1. The van der Waals surface area contributed by atoms with E-state index in [-0.39, 0.29) is 17.9 Å². The molecule has 0 saturated heterocycles. The van der Waals surface area contributed by atoms with E-state index in [1.807, 2.05) is 6.92 Å². The Kier molecular flexibility index (Phi) is 4.91. The molecule has 0 aliphatic heterocycles. The lowest BCUT2D eigenvalue weighted by molar-refractivity contribution is -0.429. The summed E-state index contributed by atoms with van der Waals surface area (Å²) >= 11 is 5.66. The normalized spacial score (nSPS) is 11.9. The summed E-state index contributed by atoms with van der Waals surface area (Å²) in [7, 11) is 1.71. The molecule has 0 aliphatic carbocycles. The van der Waals surface area contributed by atoms with Crippen LogP contribution < -0.4 is 5.73 Å². The predicted octanol–water partition coefficient (Wildman–Crippen LogP) is 1.63. The van der Waals surface area contributed by atoms with Crippen LogP contribution in [0.15, 0.2) is 29.8 Å². The van der Waals surface area contributed by atoms with E-state index in [9.17, 15) is 10.1 Å². The highest BCUT2D eigenvalue weighted by atomic mass is 35.5. The van der Waals surface area contributed by atoms with Gasteiger partial charge in [0.1, 0.15) is 5.15 Å². The fourth-order valence-electron chi connectivity index (χ4n) is 1.34. The number of aromatic nitrogens is 1. The second-order valence-electron chi connectivity index (χ2n) is 3.77. The molecule has 7 heteroatoms. The Bertz CT molecular complexity index is 459. The summed E-state index contributed by atoms with van der Waals surface area (Å²) in [5, 5.41) is 11.4. The van der Waals surface area contributed by atoms with Gasteiger partial charge >= 0.3 is 0 Å². The van der Waals surface area contributed by atoms with Crippen molar-refractivity contribution in [3.63, 3.8) is 0 Å². The molecule has 1 heterocycles. The molecular weight excluding hydrogens is 256 g/mol. The molecular formula is C11H15ClN4O2. The Morgan fingerprint density at radius 2 is 2.28 bits per heavy atom. The Balaban J connectivity index is 3.01. The molecule has 0 aliphatic rings. The predicted molar refractivity (Wildman–Crippen MR) is 69.5 cm³/mol. The lowest BCUT2D eigenvalue weighted by Crippen LogP contribution is -2.27. The molecule has 0 amide bonds. The molecule has 0 aromatic carbocycles. The standard InChI is InChI=1S/C11H15ClN4O2/c1-3-15(2)11(13)9(16(17)18)6-8-4-5-10(12)14-7-8/h4-5,7H,3,6,13H2,1-2H3. The van der Waals surface area contributed by atoms with Gasteiger partial charge in [0.2, 0.25) is 0 Å². The summed E-state index contributed by atoms with van der Waals surface area (Å²) in [5.41, 5.74) is 6.42. The second-order valence-corrected chi connectivity index (χ2v) is 4.16. The fourth-order valence-corrected chi connectivity index (χ4v) is 1.46. The Morgan fingerprint density at radius 3 is 2.72 bits per heavy atom. The van der Waals surface area contributed by atoms with E-state index >= 15 is 0 Å². The largest absolute Gasteiger partial charge is 0.380 e. The highest BCUT2D eigenvalue weighted by molar-refractivity contribution is 6.29. The van der Waals surface area contributed by atoms with E-state index in [1.165, 1.54) is 6.20 Å². The number of halogens is 1. The molecule has 0 bridgehead atoms. The summed E-state index contributed by atoms with van der Waals surface area (Å²) in [4.78, 5) is 16.1. The summed E-state index contributed by atoms with van der Waals surface area (Å²) in [6, 6.07) is 3.28. The van der Waals surface area contributed by atoms with E-state index in [0.29, 0.717) is 17.3 Å². The van der Waals surface area contributed by atoms with Gasteiger partial charge in [0.25, 0.3) is 5.70 Å². The SMILES string of the molecule is CCN(C)C(N)=C(Cc1ccc(Cl)nc1)[N+](=O)[O-]. The van der Waals surface area contributed by atoms with Crippen LogP contribution in [0.5, 0.6) is 0 Å². The van der Waals surface area contributed by atoms with Crippen molar-refractivity contribution in [2.45, 2.75) is 13.3 Å². The highest BCUT2D eigenvalue weighted by Gasteiger charge is 2.19. The average molecular weight is 271 g/mol. The van der Waals surface area contributed by atoms with Crippen LogP contribution in [-0.4, -0.2) is 28.4 Å². The molecule has 1 aromatic heterocycles. The van der Waals surface area contributed by atoms with Gasteiger partial charge in [-0.05, 0) is 18.6 Å². The van der Waals surface area contributed by atoms with E-state index in [0.717, 1.165) is 0 Å². The fraction of sp³-hybridized carbons (Fsp3) is 0.364. The van der Waals surface area contributed by atoms with Crippen molar-refractivity contribution in [1.82, 2.24) is 9.88 Å². The summed E-state index contributed by atoms with van der Waals surface area (Å²) in [6.07, 6.45) is 1.62. The summed E-state index contributed by atoms with van der Waals surface area (Å²) in [5.74, 6) is 0.164. The first-order valence-electron chi connectivity index (χ1n) is 5.40. The maximum absolute atomic E-state index is 11.0. The number of pyridine rings is 1. The zero-order valence-corrected chi connectivity index (χ0v) is 11.0. The van der Waals surface area contributed by atoms with Crippen LogP contribution in [-0.2, 0) is 6.42 Å². The molecule has 18 heavy (non-hydrogen) atoms. The summed E-state index contributed by atoms with van der Waals surface area (Å²) in [6.45, 7) is 2.47. The lowest BCUT2D eigenvalue weighted by Gasteiger charge is -2.16. The molecule has 1 aromatic rings. The minimum Gasteiger partial charge on any atom is -0.380 e. The Morgan fingerprint density at radius 1 is 1.61 bits per heavy atom. The zero-order chi connectivity index (χ0) is 13.7. The molecule has 98 valence electrons. The number of nitro groups is 1. The first-order chi connectivity index (χ1) is 8.45. The zero-order valence-electron chi connectivity index (χ0n) is 10.3. The van der Waals surface area contributed by atoms with Gasteiger partial charge in [0, 0.05) is 19.8 Å². The smallest absolute Gasteiger partial charge is 0.290 e. The number of hydrogen-bond donors (Lipinski definition) is 1. The van der Waals surface area contributed by atoms with Gasteiger partial charge in [0.05, 0.1) is 11.3 Å². The van der Waals surface area contributed by atoms with Crippen molar-refractivity contribution in [3.8, 4) is 0 Å². The lowest BCUT2D eigenvalue weighted by atomic mass is 10.1. The van der Waals surface area contributed by atoms with Crippen molar-refractivity contribution in [3.05, 3.63) is 50.7 Å². The molecule has 0 fully saturated rings. The van der Waals surface area contributed by atoms with E-state index in [4.69, 9.17) is 17.3 Å². The van der Waals surface area contributed by atoms with Gasteiger partial charge in [-0.2, -0.15) is 0 Å². The minimum atomic E-state index is -0.462. The maximum atomic E-state index is 11.0. The number of hydrogen-bond acceptors (Lipinski definition) is 5. The highest BCUT2D eigenvalue weighted by Crippen LogP contribution is 2.13. The number of nitrogens with zero attached hydrogens (tertiary/aromatic N) is 3. The van der Waals surface area contributed by atoms with Crippen LogP contribution in [0.2, 0.25) is 5.15 Å². The van der Waals surface area contributed by atoms with Gasteiger partial charge in [0.15, 0.2) is 5.82 Å². The van der Waals surface area contributed by atoms with Crippen molar-refractivity contribution in [1.29, 1.82) is 0 Å². The first kappa shape index (κ1) is 14.2. The van der Waals surface area contributed by atoms with E-state index < -0.39 is 4.92 Å². The molecule has 6 nitrogen and oxygen atoms in total. The molecule has 0 unspecified atom stereocenters. The van der Waals surface area contributed by atoms with Gasteiger partial charge in [-0.1, -0.05) is 17.7 Å². The molecule has 1 rings (SSSR count). The third-order valence-corrected chi connectivity index (χ3v) is 2.79. The van der Waals surface area contributed by atoms with Crippen LogP contribution in [0.3, 0.4) is 0 Å². The van der Waals surface area contributed by atoms with Gasteiger partial charge < -0.3 is 10.6 Å². The van der Waals surface area contributed by atoms with Crippen molar-refractivity contribution in [2.75, 3.05) is 13.6 Å². The topological polar surface area (TPSA) is 85.3 Å². The maximum Gasteiger partial charge on any atom is 0.290 e. The van der Waals surface area contributed by atoms with Crippen LogP contribution in [0.1, 0.15) is 12.5 Å². The van der Waals surface area contributed by atoms with Gasteiger partial charge in [-0.15, -0.1) is 0 Å². The Labute approximate surface area is 110 Å². The molecule has 0 radical (unpaired) electrons. The number of nitrogens with two attached hydrogens (primary N) is 1. The van der Waals surface area contributed by atoms with Crippen molar-refractivity contribution < 1.29 is 4.92 Å². The summed E-state index contributed by atoms with van der Waals surface area (Å²) < 4.78 is 0. The third kappa shape index (κ3) is 3.59. The molecule has 0 atom stereocenters. The number of rotatable bonds is 5. The quantitative estimate of drug-likeness (QED) is 0.499. The molecule has 0 saturated carbocycles.